The quantitative estimate of drug-likeness (QED) is 0.871. The third-order valence-corrected chi connectivity index (χ3v) is 3.86. The van der Waals surface area contributed by atoms with E-state index in [2.05, 4.69) is 15.2 Å². The summed E-state index contributed by atoms with van der Waals surface area (Å²) in [5, 5.41) is 9.60. The molecule has 3 rings (SSSR count). The van der Waals surface area contributed by atoms with Gasteiger partial charge in [-0.2, -0.15) is 13.2 Å². The van der Waals surface area contributed by atoms with E-state index in [0.29, 0.717) is 13.1 Å². The van der Waals surface area contributed by atoms with E-state index in [-0.39, 0.29) is 11.9 Å². The lowest BCUT2D eigenvalue weighted by Crippen LogP contribution is -2.54. The molecular weight excluding hydrogens is 305 g/mol. The Morgan fingerprint density at radius 1 is 1.33 bits per heavy atom. The van der Waals surface area contributed by atoms with Crippen molar-refractivity contribution in [2.75, 3.05) is 18.0 Å². The summed E-state index contributed by atoms with van der Waals surface area (Å²) >= 11 is 1.48. The van der Waals surface area contributed by atoms with Crippen molar-refractivity contribution >= 4 is 16.5 Å². The van der Waals surface area contributed by atoms with E-state index < -0.39 is 11.9 Å². The summed E-state index contributed by atoms with van der Waals surface area (Å²) in [5.74, 6) is 0.176. The number of alkyl halides is 3. The third kappa shape index (κ3) is 3.07. The number of nitrogens with zero attached hydrogens (tertiary/aromatic N) is 4. The van der Waals surface area contributed by atoms with E-state index in [9.17, 15) is 13.2 Å². The number of aryl methyl sites for hydroxylation is 1. The molecule has 0 unspecified atom stereocenters. The van der Waals surface area contributed by atoms with Crippen LogP contribution in [0.1, 0.15) is 10.7 Å². The first-order chi connectivity index (χ1) is 9.91. The first kappa shape index (κ1) is 14.1. The molecule has 0 aliphatic carbocycles. The molecule has 0 atom stereocenters. The number of rotatable bonds is 3. The molecule has 1 fully saturated rings. The van der Waals surface area contributed by atoms with Crippen LogP contribution >= 0.6 is 11.3 Å². The Morgan fingerprint density at radius 3 is 2.71 bits per heavy atom. The number of hydrogen-bond donors (Lipinski definition) is 0. The van der Waals surface area contributed by atoms with E-state index in [4.69, 9.17) is 4.74 Å². The predicted octanol–water partition coefficient (Wildman–Crippen LogP) is 2.53. The Kier molecular flexibility index (Phi) is 3.44. The van der Waals surface area contributed by atoms with Crippen LogP contribution in [0, 0.1) is 6.92 Å². The van der Waals surface area contributed by atoms with Gasteiger partial charge in [0.1, 0.15) is 22.6 Å². The van der Waals surface area contributed by atoms with Crippen LogP contribution in [-0.2, 0) is 6.18 Å². The molecule has 0 saturated carbocycles. The molecule has 112 valence electrons. The second-order valence-corrected chi connectivity index (χ2v) is 5.78. The molecule has 1 saturated heterocycles. The number of hydrogen-bond acceptors (Lipinski definition) is 6. The van der Waals surface area contributed by atoms with Gasteiger partial charge in [0.05, 0.1) is 13.1 Å². The summed E-state index contributed by atoms with van der Waals surface area (Å²) in [6.45, 7) is 3.03. The van der Waals surface area contributed by atoms with Crippen molar-refractivity contribution in [3.63, 3.8) is 0 Å². The normalized spacial score (nSPS) is 15.9. The van der Waals surface area contributed by atoms with Crippen LogP contribution in [-0.4, -0.2) is 34.4 Å². The highest BCUT2D eigenvalue weighted by Gasteiger charge is 2.34. The lowest BCUT2D eigenvalue weighted by atomic mass is 10.2. The molecule has 1 aliphatic heterocycles. The molecule has 3 heterocycles. The average molecular weight is 316 g/mol. The molecule has 0 aromatic carbocycles. The molecule has 0 radical (unpaired) electrons. The average Bonchev–Trinajstić information content (AvgIpc) is 2.79. The number of pyridine rings is 1. The molecule has 0 spiro atoms. The van der Waals surface area contributed by atoms with Crippen molar-refractivity contribution < 1.29 is 17.9 Å². The number of ether oxygens (including phenoxy) is 1. The van der Waals surface area contributed by atoms with Crippen molar-refractivity contribution in [2.24, 2.45) is 0 Å². The van der Waals surface area contributed by atoms with Gasteiger partial charge in [0.15, 0.2) is 0 Å². The second kappa shape index (κ2) is 5.14. The van der Waals surface area contributed by atoms with Crippen LogP contribution in [0.4, 0.5) is 18.3 Å². The minimum Gasteiger partial charge on any atom is -0.487 e. The zero-order valence-electron chi connectivity index (χ0n) is 11.0. The minimum atomic E-state index is -4.46. The van der Waals surface area contributed by atoms with E-state index in [1.54, 1.807) is 0 Å². The maximum absolute atomic E-state index is 12.5. The van der Waals surface area contributed by atoms with Crippen LogP contribution in [0.5, 0.6) is 5.75 Å². The van der Waals surface area contributed by atoms with Gasteiger partial charge in [-0.1, -0.05) is 11.3 Å². The van der Waals surface area contributed by atoms with Crippen molar-refractivity contribution in [3.05, 3.63) is 29.0 Å². The lowest BCUT2D eigenvalue weighted by Gasteiger charge is -2.38. The number of anilines is 1. The zero-order chi connectivity index (χ0) is 15.0. The summed E-state index contributed by atoms with van der Waals surface area (Å²) in [6.07, 6.45) is -3.52. The van der Waals surface area contributed by atoms with Gasteiger partial charge in [-0.15, -0.1) is 10.2 Å². The summed E-state index contributed by atoms with van der Waals surface area (Å²) in [6, 6.07) is 2.34. The van der Waals surface area contributed by atoms with Gasteiger partial charge in [-0.05, 0) is 13.0 Å². The highest BCUT2D eigenvalue weighted by atomic mass is 32.1. The van der Waals surface area contributed by atoms with Gasteiger partial charge in [-0.3, -0.25) is 4.98 Å². The van der Waals surface area contributed by atoms with Gasteiger partial charge < -0.3 is 9.64 Å². The number of aromatic nitrogens is 3. The fraction of sp³-hybridized carbons (Fsp3) is 0.417. The Morgan fingerprint density at radius 2 is 2.10 bits per heavy atom. The van der Waals surface area contributed by atoms with Crippen molar-refractivity contribution in [1.29, 1.82) is 0 Å². The SMILES string of the molecule is Cc1nnc(N2CC(Oc3ccnc(C(F)(F)F)c3)C2)s1. The van der Waals surface area contributed by atoms with Crippen LogP contribution in [0.3, 0.4) is 0 Å². The highest BCUT2D eigenvalue weighted by Crippen LogP contribution is 2.31. The fourth-order valence-electron chi connectivity index (χ4n) is 1.91. The van der Waals surface area contributed by atoms with Crippen LogP contribution in [0.2, 0.25) is 0 Å². The molecule has 2 aromatic heterocycles. The number of halogens is 3. The maximum atomic E-state index is 12.5. The van der Waals surface area contributed by atoms with E-state index >= 15 is 0 Å². The molecule has 9 heteroatoms. The van der Waals surface area contributed by atoms with Gasteiger partial charge >= 0.3 is 6.18 Å². The molecule has 1 aliphatic rings. The van der Waals surface area contributed by atoms with E-state index in [1.807, 2.05) is 11.8 Å². The second-order valence-electron chi connectivity index (χ2n) is 4.62. The van der Waals surface area contributed by atoms with Crippen LogP contribution < -0.4 is 9.64 Å². The molecule has 5 nitrogen and oxygen atoms in total. The molecular formula is C12H11F3N4OS. The first-order valence-corrected chi connectivity index (χ1v) is 6.98. The summed E-state index contributed by atoms with van der Waals surface area (Å²) in [7, 11) is 0. The Balaban J connectivity index is 1.59. The monoisotopic (exact) mass is 316 g/mol. The topological polar surface area (TPSA) is 51.1 Å². The minimum absolute atomic E-state index is 0.155. The van der Waals surface area contributed by atoms with Crippen molar-refractivity contribution in [1.82, 2.24) is 15.2 Å². The van der Waals surface area contributed by atoms with Crippen LogP contribution in [0.15, 0.2) is 18.3 Å². The summed E-state index contributed by atoms with van der Waals surface area (Å²) in [4.78, 5) is 5.27. The Labute approximate surface area is 122 Å². The van der Waals surface area contributed by atoms with Gasteiger partial charge in [-0.25, -0.2) is 0 Å². The fourth-order valence-corrected chi connectivity index (χ4v) is 2.62. The molecule has 2 aromatic rings. The zero-order valence-corrected chi connectivity index (χ0v) is 11.8. The summed E-state index contributed by atoms with van der Waals surface area (Å²) in [5.41, 5.74) is -0.948. The molecule has 0 N–H and O–H groups in total. The van der Waals surface area contributed by atoms with Crippen molar-refractivity contribution in [3.8, 4) is 5.75 Å². The largest absolute Gasteiger partial charge is 0.487 e. The summed E-state index contributed by atoms with van der Waals surface area (Å²) < 4.78 is 43.2. The molecule has 0 amide bonds. The Hall–Kier alpha value is -1.90. The van der Waals surface area contributed by atoms with Crippen molar-refractivity contribution in [2.45, 2.75) is 19.2 Å². The smallest absolute Gasteiger partial charge is 0.433 e. The van der Waals surface area contributed by atoms with Crippen LogP contribution in [0.25, 0.3) is 0 Å². The first-order valence-electron chi connectivity index (χ1n) is 6.17. The van der Waals surface area contributed by atoms with Gasteiger partial charge in [0, 0.05) is 12.3 Å². The Bertz CT molecular complexity index is 639. The molecule has 21 heavy (non-hydrogen) atoms. The standard InChI is InChI=1S/C12H11F3N4OS/c1-7-17-18-11(21-7)19-5-9(6-19)20-8-2-3-16-10(4-8)12(13,14)15/h2-4,9H,5-6H2,1H3. The predicted molar refractivity (Wildman–Crippen MR) is 70.5 cm³/mol. The maximum Gasteiger partial charge on any atom is 0.433 e. The highest BCUT2D eigenvalue weighted by molar-refractivity contribution is 7.15. The lowest BCUT2D eigenvalue weighted by molar-refractivity contribution is -0.141. The van der Waals surface area contributed by atoms with Gasteiger partial charge in [0.2, 0.25) is 5.13 Å². The van der Waals surface area contributed by atoms with Gasteiger partial charge in [0.25, 0.3) is 0 Å². The third-order valence-electron chi connectivity index (χ3n) is 2.96. The van der Waals surface area contributed by atoms with E-state index in [1.165, 1.54) is 17.4 Å². The van der Waals surface area contributed by atoms with E-state index in [0.717, 1.165) is 22.4 Å². The molecule has 0 bridgehead atoms.